The smallest absolute Gasteiger partial charge is 0.394 e. The Morgan fingerprint density at radius 3 is 2.44 bits per heavy atom. The van der Waals surface area contributed by atoms with Gasteiger partial charge in [-0.3, -0.25) is 4.79 Å². The van der Waals surface area contributed by atoms with E-state index in [0.717, 1.165) is 0 Å². The first-order chi connectivity index (χ1) is 8.56. The number of aromatic carboxylic acids is 1. The summed E-state index contributed by atoms with van der Waals surface area (Å²) in [6.07, 6.45) is 0. The van der Waals surface area contributed by atoms with Gasteiger partial charge in [-0.2, -0.15) is 4.98 Å². The molecule has 2 N–H and O–H groups in total. The molecule has 0 fully saturated rings. The lowest BCUT2D eigenvalue weighted by molar-refractivity contribution is -0.114. The van der Waals surface area contributed by atoms with Gasteiger partial charge in [0.2, 0.25) is 11.7 Å². The number of hydrogen-bond acceptors (Lipinski definition) is 5. The highest BCUT2D eigenvalue weighted by Crippen LogP contribution is 2.18. The molecule has 92 valence electrons. The Kier molecular flexibility index (Phi) is 3.05. The first kappa shape index (κ1) is 11.8. The van der Waals surface area contributed by atoms with E-state index in [1.807, 2.05) is 0 Å². The second kappa shape index (κ2) is 4.66. The van der Waals surface area contributed by atoms with Gasteiger partial charge in [0.15, 0.2) is 0 Å². The Bertz CT molecular complexity index is 589. The van der Waals surface area contributed by atoms with Crippen molar-refractivity contribution in [1.82, 2.24) is 10.1 Å². The van der Waals surface area contributed by atoms with Gasteiger partial charge in [-0.05, 0) is 24.3 Å². The molecule has 0 aliphatic rings. The molecule has 0 aliphatic heterocycles. The summed E-state index contributed by atoms with van der Waals surface area (Å²) in [5, 5.41) is 14.8. The van der Waals surface area contributed by atoms with Crippen LogP contribution in [0, 0.1) is 0 Å². The fourth-order valence-corrected chi connectivity index (χ4v) is 1.33. The average Bonchev–Trinajstić information content (AvgIpc) is 2.78. The number of carboxylic acid groups (broad SMARTS) is 1. The molecular weight excluding hydrogens is 238 g/mol. The Hall–Kier alpha value is -2.70. The summed E-state index contributed by atoms with van der Waals surface area (Å²) in [4.78, 5) is 25.1. The first-order valence-electron chi connectivity index (χ1n) is 5.01. The zero-order valence-electron chi connectivity index (χ0n) is 9.38. The molecule has 1 aromatic carbocycles. The van der Waals surface area contributed by atoms with Crippen molar-refractivity contribution < 1.29 is 19.2 Å². The van der Waals surface area contributed by atoms with Crippen molar-refractivity contribution in [1.29, 1.82) is 0 Å². The van der Waals surface area contributed by atoms with Crippen molar-refractivity contribution in [2.45, 2.75) is 6.92 Å². The van der Waals surface area contributed by atoms with Crippen LogP contribution in [0.4, 0.5) is 5.69 Å². The van der Waals surface area contributed by atoms with Crippen LogP contribution >= 0.6 is 0 Å². The van der Waals surface area contributed by atoms with E-state index in [2.05, 4.69) is 20.0 Å². The standard InChI is InChI=1S/C11H9N3O4/c1-6(15)12-8-4-2-7(3-5-8)9-13-10(11(16)17)18-14-9/h2-5H,1H3,(H,12,15)(H,16,17). The minimum Gasteiger partial charge on any atom is -0.474 e. The molecule has 0 atom stereocenters. The highest BCUT2D eigenvalue weighted by atomic mass is 16.5. The van der Waals surface area contributed by atoms with Gasteiger partial charge < -0.3 is 14.9 Å². The number of aromatic nitrogens is 2. The summed E-state index contributed by atoms with van der Waals surface area (Å²) in [6, 6.07) is 6.63. The van der Waals surface area contributed by atoms with E-state index in [0.29, 0.717) is 11.3 Å². The first-order valence-corrected chi connectivity index (χ1v) is 5.01. The van der Waals surface area contributed by atoms with Gasteiger partial charge >= 0.3 is 11.9 Å². The zero-order valence-corrected chi connectivity index (χ0v) is 9.38. The van der Waals surface area contributed by atoms with Gasteiger partial charge in [-0.15, -0.1) is 0 Å². The van der Waals surface area contributed by atoms with Crippen LogP contribution in [-0.2, 0) is 4.79 Å². The van der Waals surface area contributed by atoms with E-state index in [4.69, 9.17) is 5.11 Å². The van der Waals surface area contributed by atoms with Gasteiger partial charge in [0.05, 0.1) is 0 Å². The van der Waals surface area contributed by atoms with E-state index in [9.17, 15) is 9.59 Å². The maximum absolute atomic E-state index is 10.8. The van der Waals surface area contributed by atoms with Crippen molar-refractivity contribution in [3.63, 3.8) is 0 Å². The summed E-state index contributed by atoms with van der Waals surface area (Å²) in [5.41, 5.74) is 1.23. The average molecular weight is 247 g/mol. The van der Waals surface area contributed by atoms with E-state index < -0.39 is 11.9 Å². The highest BCUT2D eigenvalue weighted by molar-refractivity contribution is 5.88. The lowest BCUT2D eigenvalue weighted by Crippen LogP contribution is -2.05. The Morgan fingerprint density at radius 1 is 1.28 bits per heavy atom. The number of amides is 1. The molecule has 18 heavy (non-hydrogen) atoms. The molecule has 1 aromatic heterocycles. The number of nitrogens with zero attached hydrogens (tertiary/aromatic N) is 2. The molecule has 7 heteroatoms. The SMILES string of the molecule is CC(=O)Nc1ccc(-c2noc(C(=O)O)n2)cc1. The maximum Gasteiger partial charge on any atom is 0.394 e. The third-order valence-electron chi connectivity index (χ3n) is 2.07. The Labute approximate surface area is 101 Å². The molecule has 2 aromatic rings. The Morgan fingerprint density at radius 2 is 1.94 bits per heavy atom. The van der Waals surface area contributed by atoms with Gasteiger partial charge in [-0.1, -0.05) is 5.16 Å². The number of carboxylic acids is 1. The topological polar surface area (TPSA) is 105 Å². The van der Waals surface area contributed by atoms with Crippen LogP contribution < -0.4 is 5.32 Å². The fraction of sp³-hybridized carbons (Fsp3) is 0.0909. The number of hydrogen-bond donors (Lipinski definition) is 2. The zero-order chi connectivity index (χ0) is 13.1. The summed E-state index contributed by atoms with van der Waals surface area (Å²) >= 11 is 0. The molecule has 1 heterocycles. The number of carbonyl (C=O) groups excluding carboxylic acids is 1. The summed E-state index contributed by atoms with van der Waals surface area (Å²) in [6.45, 7) is 1.41. The lowest BCUT2D eigenvalue weighted by Gasteiger charge is -2.01. The van der Waals surface area contributed by atoms with Crippen molar-refractivity contribution >= 4 is 17.6 Å². The highest BCUT2D eigenvalue weighted by Gasteiger charge is 2.14. The molecule has 0 radical (unpaired) electrons. The normalized spacial score (nSPS) is 10.1. The second-order valence-corrected chi connectivity index (χ2v) is 3.49. The monoisotopic (exact) mass is 247 g/mol. The largest absolute Gasteiger partial charge is 0.474 e. The number of carbonyl (C=O) groups is 2. The van der Waals surface area contributed by atoms with Crippen LogP contribution in [0.3, 0.4) is 0 Å². The van der Waals surface area contributed by atoms with Crippen molar-refractivity contribution in [2.75, 3.05) is 5.32 Å². The minimum absolute atomic E-state index is 0.171. The predicted octanol–water partition coefficient (Wildman–Crippen LogP) is 1.39. The van der Waals surface area contributed by atoms with E-state index >= 15 is 0 Å². The van der Waals surface area contributed by atoms with Crippen molar-refractivity contribution in [3.8, 4) is 11.4 Å². The minimum atomic E-state index is -1.27. The quantitative estimate of drug-likeness (QED) is 0.849. The van der Waals surface area contributed by atoms with Crippen molar-refractivity contribution in [2.24, 2.45) is 0 Å². The molecule has 7 nitrogen and oxygen atoms in total. The second-order valence-electron chi connectivity index (χ2n) is 3.49. The molecular formula is C11H9N3O4. The molecule has 0 saturated carbocycles. The molecule has 0 spiro atoms. The van der Waals surface area contributed by atoms with E-state index in [1.165, 1.54) is 6.92 Å². The maximum atomic E-state index is 10.8. The van der Waals surface area contributed by atoms with Crippen LogP contribution in [0.25, 0.3) is 11.4 Å². The molecule has 0 saturated heterocycles. The van der Waals surface area contributed by atoms with Gasteiger partial charge in [0, 0.05) is 18.2 Å². The van der Waals surface area contributed by atoms with Crippen LogP contribution in [0.5, 0.6) is 0 Å². The van der Waals surface area contributed by atoms with Crippen LogP contribution in [0.1, 0.15) is 17.6 Å². The van der Waals surface area contributed by atoms with E-state index in [-0.39, 0.29) is 11.7 Å². The number of anilines is 1. The summed E-state index contributed by atoms with van der Waals surface area (Å²) in [7, 11) is 0. The number of benzene rings is 1. The van der Waals surface area contributed by atoms with Crippen LogP contribution in [0.15, 0.2) is 28.8 Å². The van der Waals surface area contributed by atoms with Crippen LogP contribution in [-0.4, -0.2) is 27.1 Å². The molecule has 0 bridgehead atoms. The summed E-state index contributed by atoms with van der Waals surface area (Å²) in [5.74, 6) is -1.73. The van der Waals surface area contributed by atoms with Gasteiger partial charge in [0.25, 0.3) is 0 Å². The predicted molar refractivity (Wildman–Crippen MR) is 61.0 cm³/mol. The molecule has 2 rings (SSSR count). The molecule has 0 unspecified atom stereocenters. The summed E-state index contributed by atoms with van der Waals surface area (Å²) < 4.78 is 4.54. The fourth-order valence-electron chi connectivity index (χ4n) is 1.33. The van der Waals surface area contributed by atoms with E-state index in [1.54, 1.807) is 24.3 Å². The number of nitrogens with one attached hydrogen (secondary N) is 1. The third kappa shape index (κ3) is 2.51. The van der Waals surface area contributed by atoms with Gasteiger partial charge in [-0.25, -0.2) is 4.79 Å². The van der Waals surface area contributed by atoms with Gasteiger partial charge in [0.1, 0.15) is 0 Å². The van der Waals surface area contributed by atoms with Crippen molar-refractivity contribution in [3.05, 3.63) is 30.2 Å². The molecule has 0 aliphatic carbocycles. The van der Waals surface area contributed by atoms with Crippen LogP contribution in [0.2, 0.25) is 0 Å². The third-order valence-corrected chi connectivity index (χ3v) is 2.07. The molecule has 1 amide bonds. The lowest BCUT2D eigenvalue weighted by atomic mass is 10.2. The number of rotatable bonds is 3. The Balaban J connectivity index is 2.22.